The zero-order valence-electron chi connectivity index (χ0n) is 22.6. The zero-order valence-corrected chi connectivity index (χ0v) is 23.5. The van der Waals surface area contributed by atoms with Crippen LogP contribution >= 0.6 is 7.37 Å². The van der Waals surface area contributed by atoms with E-state index >= 15 is 0 Å². The van der Waals surface area contributed by atoms with Gasteiger partial charge < -0.3 is 25.0 Å². The molecule has 0 aliphatic heterocycles. The SMILES string of the molecule is COC(=O)[C@H](C)NC(=O)C(Cc1ccccc1)CP(=O)(O)[C@H](Cc1ccccc1)NC(=O)OCc1ccccc1. The summed E-state index contributed by atoms with van der Waals surface area (Å²) >= 11 is 0. The van der Waals surface area contributed by atoms with Crippen molar-refractivity contribution in [3.8, 4) is 0 Å². The first-order valence-electron chi connectivity index (χ1n) is 12.9. The molecule has 0 saturated carbocycles. The zero-order chi connectivity index (χ0) is 29.0. The van der Waals surface area contributed by atoms with Gasteiger partial charge in [0.15, 0.2) is 0 Å². The van der Waals surface area contributed by atoms with Crippen LogP contribution in [0, 0.1) is 5.92 Å². The van der Waals surface area contributed by atoms with Crippen molar-refractivity contribution < 1.29 is 33.3 Å². The fourth-order valence-electron chi connectivity index (χ4n) is 4.18. The predicted octanol–water partition coefficient (Wildman–Crippen LogP) is 4.29. The van der Waals surface area contributed by atoms with E-state index in [4.69, 9.17) is 9.47 Å². The molecule has 9 nitrogen and oxygen atoms in total. The van der Waals surface area contributed by atoms with E-state index in [2.05, 4.69) is 10.6 Å². The molecule has 3 rings (SSSR count). The molecule has 212 valence electrons. The second kappa shape index (κ2) is 15.0. The Morgan fingerprint density at radius 2 is 1.30 bits per heavy atom. The summed E-state index contributed by atoms with van der Waals surface area (Å²) in [5.41, 5.74) is 2.28. The normalized spacial score (nSPS) is 14.6. The summed E-state index contributed by atoms with van der Waals surface area (Å²) in [5, 5.41) is 5.16. The van der Waals surface area contributed by atoms with Gasteiger partial charge in [-0.2, -0.15) is 0 Å². The van der Waals surface area contributed by atoms with Crippen molar-refractivity contribution >= 4 is 25.3 Å². The van der Waals surface area contributed by atoms with Gasteiger partial charge in [0.25, 0.3) is 0 Å². The number of methoxy groups -OCH3 is 1. The number of carbonyl (C=O) groups is 3. The van der Waals surface area contributed by atoms with Gasteiger partial charge in [0.05, 0.1) is 13.0 Å². The summed E-state index contributed by atoms with van der Waals surface area (Å²) in [6, 6.07) is 26.2. The minimum Gasteiger partial charge on any atom is -0.467 e. The molecule has 2 unspecified atom stereocenters. The molecular formula is C30H35N2O7P. The van der Waals surface area contributed by atoms with E-state index < -0.39 is 49.2 Å². The fraction of sp³-hybridized carbons (Fsp3) is 0.300. The van der Waals surface area contributed by atoms with Crippen molar-refractivity contribution in [3.05, 3.63) is 108 Å². The highest BCUT2D eigenvalue weighted by Gasteiger charge is 2.38. The predicted molar refractivity (Wildman–Crippen MR) is 152 cm³/mol. The lowest BCUT2D eigenvalue weighted by atomic mass is 10.00. The molecule has 0 fully saturated rings. The monoisotopic (exact) mass is 566 g/mol. The van der Waals surface area contributed by atoms with Gasteiger partial charge in [0, 0.05) is 12.6 Å². The fourth-order valence-corrected chi connectivity index (χ4v) is 6.17. The van der Waals surface area contributed by atoms with Crippen molar-refractivity contribution in [1.82, 2.24) is 10.6 Å². The lowest BCUT2D eigenvalue weighted by Gasteiger charge is -2.28. The molecule has 0 bridgehead atoms. The molecule has 0 aliphatic rings. The van der Waals surface area contributed by atoms with Crippen LogP contribution in [0.1, 0.15) is 23.6 Å². The van der Waals surface area contributed by atoms with Crippen molar-refractivity contribution in [1.29, 1.82) is 0 Å². The number of hydrogen-bond acceptors (Lipinski definition) is 6. The first kappa shape index (κ1) is 30.6. The topological polar surface area (TPSA) is 131 Å². The minimum absolute atomic E-state index is 0.00901. The van der Waals surface area contributed by atoms with Crippen molar-refractivity contribution in [3.63, 3.8) is 0 Å². The Kier molecular flexibility index (Phi) is 11.5. The standard InChI is InChI=1S/C30H35N2O7P/c1-22(29(34)38-2)31-28(33)26(18-23-12-6-3-7-13-23)21-40(36,37)27(19-24-14-8-4-9-15-24)32-30(35)39-20-25-16-10-5-11-17-25/h3-17,22,26-27H,18-21H2,1-2H3,(H,31,33)(H,32,35)(H,36,37)/t22-,26?,27+/m0/s1. The van der Waals surface area contributed by atoms with E-state index in [1.165, 1.54) is 14.0 Å². The maximum atomic E-state index is 13.9. The number of benzene rings is 3. The van der Waals surface area contributed by atoms with Crippen LogP contribution in [0.25, 0.3) is 0 Å². The summed E-state index contributed by atoms with van der Waals surface area (Å²) in [5.74, 6) is -3.39. The summed E-state index contributed by atoms with van der Waals surface area (Å²) in [4.78, 5) is 49.3. The van der Waals surface area contributed by atoms with Crippen LogP contribution in [0.4, 0.5) is 4.79 Å². The Morgan fingerprint density at radius 1 is 0.800 bits per heavy atom. The van der Waals surface area contributed by atoms with E-state index in [9.17, 15) is 23.8 Å². The molecular weight excluding hydrogens is 531 g/mol. The molecule has 3 aromatic carbocycles. The van der Waals surface area contributed by atoms with Gasteiger partial charge in [0.1, 0.15) is 18.4 Å². The third kappa shape index (κ3) is 9.67. The summed E-state index contributed by atoms with van der Waals surface area (Å²) in [7, 11) is -3.01. The van der Waals surface area contributed by atoms with Gasteiger partial charge in [0.2, 0.25) is 13.3 Å². The maximum Gasteiger partial charge on any atom is 0.408 e. The first-order chi connectivity index (χ1) is 19.2. The van der Waals surface area contributed by atoms with Crippen LogP contribution in [0.5, 0.6) is 0 Å². The number of alkyl carbamates (subject to hydrolysis) is 1. The number of esters is 1. The largest absolute Gasteiger partial charge is 0.467 e. The Labute approximate surface area is 234 Å². The molecule has 0 aliphatic carbocycles. The smallest absolute Gasteiger partial charge is 0.408 e. The van der Waals surface area contributed by atoms with Gasteiger partial charge in [-0.15, -0.1) is 0 Å². The molecule has 0 aromatic heterocycles. The van der Waals surface area contributed by atoms with E-state index in [-0.39, 0.29) is 19.4 Å². The molecule has 4 atom stereocenters. The highest BCUT2D eigenvalue weighted by molar-refractivity contribution is 7.58. The Hall–Kier alpha value is -3.94. The van der Waals surface area contributed by atoms with Crippen LogP contribution in [0.15, 0.2) is 91.0 Å². The van der Waals surface area contributed by atoms with E-state index in [0.717, 1.165) is 16.7 Å². The Morgan fingerprint density at radius 3 is 1.82 bits per heavy atom. The lowest BCUT2D eigenvalue weighted by Crippen LogP contribution is -2.45. The number of carbonyl (C=O) groups excluding carboxylic acids is 3. The van der Waals surface area contributed by atoms with Gasteiger partial charge in [-0.05, 0) is 30.0 Å². The summed E-state index contributed by atoms with van der Waals surface area (Å²) < 4.78 is 23.9. The lowest BCUT2D eigenvalue weighted by molar-refractivity contribution is -0.144. The molecule has 0 saturated heterocycles. The van der Waals surface area contributed by atoms with Crippen LogP contribution < -0.4 is 10.6 Å². The minimum atomic E-state index is -4.23. The van der Waals surface area contributed by atoms with Crippen molar-refractivity contribution in [2.45, 2.75) is 38.2 Å². The van der Waals surface area contributed by atoms with Crippen molar-refractivity contribution in [2.75, 3.05) is 13.3 Å². The molecule has 0 radical (unpaired) electrons. The van der Waals surface area contributed by atoms with Crippen LogP contribution in [-0.4, -0.2) is 48.0 Å². The molecule has 3 aromatic rings. The van der Waals surface area contributed by atoms with Gasteiger partial charge in [-0.1, -0.05) is 91.0 Å². The molecule has 2 amide bonds. The van der Waals surface area contributed by atoms with Gasteiger partial charge in [-0.25, -0.2) is 9.59 Å². The Bertz CT molecular complexity index is 1290. The van der Waals surface area contributed by atoms with Crippen LogP contribution in [0.2, 0.25) is 0 Å². The van der Waals surface area contributed by atoms with Crippen LogP contribution in [0.3, 0.4) is 0 Å². The second-order valence-corrected chi connectivity index (χ2v) is 12.0. The summed E-state index contributed by atoms with van der Waals surface area (Å²) in [6.07, 6.45) is -1.07. The van der Waals surface area contributed by atoms with Gasteiger partial charge in [-0.3, -0.25) is 9.36 Å². The highest BCUT2D eigenvalue weighted by Crippen LogP contribution is 2.48. The number of nitrogens with one attached hydrogen (secondary N) is 2. The maximum absolute atomic E-state index is 13.9. The quantitative estimate of drug-likeness (QED) is 0.208. The number of rotatable bonds is 13. The number of amides is 2. The summed E-state index contributed by atoms with van der Waals surface area (Å²) in [6.45, 7) is 1.47. The number of hydrogen-bond donors (Lipinski definition) is 3. The third-order valence-electron chi connectivity index (χ3n) is 6.35. The molecule has 3 N–H and O–H groups in total. The molecule has 10 heteroatoms. The molecule has 40 heavy (non-hydrogen) atoms. The molecule has 0 heterocycles. The number of ether oxygens (including phenoxy) is 2. The van der Waals surface area contributed by atoms with Gasteiger partial charge >= 0.3 is 12.1 Å². The van der Waals surface area contributed by atoms with E-state index in [1.54, 1.807) is 36.4 Å². The van der Waals surface area contributed by atoms with E-state index in [1.807, 2.05) is 54.6 Å². The van der Waals surface area contributed by atoms with E-state index in [0.29, 0.717) is 0 Å². The third-order valence-corrected chi connectivity index (χ3v) is 8.60. The highest BCUT2D eigenvalue weighted by atomic mass is 31.2. The molecule has 0 spiro atoms. The first-order valence-corrected chi connectivity index (χ1v) is 14.8. The Balaban J connectivity index is 1.82. The average molecular weight is 567 g/mol. The second-order valence-electron chi connectivity index (χ2n) is 9.49. The van der Waals surface area contributed by atoms with Crippen LogP contribution in [-0.2, 0) is 43.1 Å². The van der Waals surface area contributed by atoms with Crippen molar-refractivity contribution in [2.24, 2.45) is 5.92 Å². The average Bonchev–Trinajstić information content (AvgIpc) is 2.96.